The molecular formula is C110H136N28. The maximum absolute atomic E-state index is 5.60. The lowest BCUT2D eigenvalue weighted by Crippen LogP contribution is -2.28. The van der Waals surface area contributed by atoms with Crippen molar-refractivity contribution < 1.29 is 0 Å². The molecule has 0 fully saturated rings. The van der Waals surface area contributed by atoms with E-state index in [1.165, 1.54) is 127 Å². The van der Waals surface area contributed by atoms with E-state index in [0.717, 1.165) is 90.5 Å². The summed E-state index contributed by atoms with van der Waals surface area (Å²) < 4.78 is 0. The highest BCUT2D eigenvalue weighted by molar-refractivity contribution is 5.96. The molecule has 28 heteroatoms. The van der Waals surface area contributed by atoms with E-state index in [1.54, 1.807) is 0 Å². The van der Waals surface area contributed by atoms with Crippen LogP contribution in [0.4, 0.5) is 82.8 Å². The van der Waals surface area contributed by atoms with E-state index in [4.69, 9.17) is 21.4 Å². The maximum atomic E-state index is 5.60. The predicted molar refractivity (Wildman–Crippen MR) is 574 cm³/mol. The monoisotopic (exact) mass is 1850 g/mol. The number of benzene rings is 12. The predicted octanol–water partition coefficient (Wildman–Crippen LogP) is 22.2. The van der Waals surface area contributed by atoms with Gasteiger partial charge in [0.15, 0.2) is 0 Å². The number of fused-ring (bicyclic) bond motifs is 4. The Morgan fingerprint density at radius 2 is 0.420 bits per heavy atom. The van der Waals surface area contributed by atoms with Crippen LogP contribution >= 0.6 is 0 Å². The van der Waals surface area contributed by atoms with Crippen molar-refractivity contribution in [2.24, 2.45) is 11.5 Å². The standard InChI is InChI=1S/C32H43N7.C31H41N7.C24H27N7.C23H25N7/c1-3-5-21-39(22-6-4-2)23-13-20-33-30-36-31(34-24-26-14-8-7-9-15-26)38-32(37-30)35-25-28-18-12-17-27-16-10-11-19-29(27)28;1-3-5-21-38(22-6-4-2)23-13-20-32-29-35-30(33-24-25-14-8-7-9-15-25)37-31(36-29)34-28-19-12-17-26-16-10-11-18-27(26)28;25-14-7-15-26-22-29-23(27-16-18-8-2-1-3-9-18)31-24(30-22)28-17-20-12-6-11-19-10-4-5-13-21(19)20;24-14-7-15-25-21-28-22(26-16-17-8-2-1-3-9-17)30-23(29-21)27-20-13-6-11-18-10-4-5-12-19(18)20/h7-12,14-19H,3-6,13,20-25H2,1-2H3,(H3,33,34,35,36,37,38);7-12,14-19H,3-6,13,20-24H2,1-2H3,(H3,32,33,34,35,36,37);1-6,8-13H,7,14-17,25H2,(H3,26,27,28,29,30,31);1-6,8-13H,7,14-16,24H2,(H3,25,26,27,28,29,30). The molecule has 138 heavy (non-hydrogen) atoms. The van der Waals surface area contributed by atoms with Crippen LogP contribution in [0.2, 0.25) is 0 Å². The summed E-state index contributed by atoms with van der Waals surface area (Å²) in [6, 6.07) is 99.2. The van der Waals surface area contributed by atoms with Gasteiger partial charge in [0.05, 0.1) is 0 Å². The Hall–Kier alpha value is -14.8. The van der Waals surface area contributed by atoms with Gasteiger partial charge < -0.3 is 85.1 Å². The quantitative estimate of drug-likeness (QED) is 0.0157. The fourth-order valence-electron chi connectivity index (χ4n) is 15.5. The second kappa shape index (κ2) is 57.1. The van der Waals surface area contributed by atoms with Crippen molar-refractivity contribution in [2.75, 3.05) is 142 Å². The molecule has 0 saturated carbocycles. The first-order chi connectivity index (χ1) is 68.1. The zero-order chi connectivity index (χ0) is 95.4. The van der Waals surface area contributed by atoms with Crippen LogP contribution in [0.5, 0.6) is 0 Å². The summed E-state index contributed by atoms with van der Waals surface area (Å²) >= 11 is 0. The van der Waals surface area contributed by atoms with Crippen LogP contribution < -0.4 is 75.3 Å². The fourth-order valence-corrected chi connectivity index (χ4v) is 15.5. The molecule has 0 aliphatic carbocycles. The van der Waals surface area contributed by atoms with E-state index in [0.29, 0.717) is 137 Å². The summed E-state index contributed by atoms with van der Waals surface area (Å²) in [5.74, 6) is 6.41. The highest BCUT2D eigenvalue weighted by Gasteiger charge is 2.17. The summed E-state index contributed by atoms with van der Waals surface area (Å²) in [7, 11) is 0. The first-order valence-corrected chi connectivity index (χ1v) is 49.0. The summed E-state index contributed by atoms with van der Waals surface area (Å²) in [6.07, 6.45) is 13.7. The van der Waals surface area contributed by atoms with Crippen molar-refractivity contribution in [1.82, 2.24) is 69.6 Å². The van der Waals surface area contributed by atoms with Crippen LogP contribution in [-0.4, -0.2) is 148 Å². The average Bonchev–Trinajstić information content (AvgIpc) is 0.801. The SMILES string of the molecule is CCCCN(CCCC)CCCNc1nc(NCc2ccccc2)nc(NCc2cccc3ccccc23)n1.CCCCN(CCCC)CCCNc1nc(NCc2ccccc2)nc(Nc2cccc3ccccc23)n1.NCCCNc1nc(NCc2ccccc2)nc(NCc2cccc3ccccc23)n1.NCCCNc1nc(NCc2ccccc2)nc(Nc2cccc3ccccc23)n1. The van der Waals surface area contributed by atoms with Crippen LogP contribution in [0.1, 0.15) is 138 Å². The zero-order valence-electron chi connectivity index (χ0n) is 80.3. The van der Waals surface area contributed by atoms with E-state index in [-0.39, 0.29) is 0 Å². The Balaban J connectivity index is 0.000000156. The van der Waals surface area contributed by atoms with Gasteiger partial charge in [0.25, 0.3) is 0 Å². The smallest absolute Gasteiger partial charge is 0.233 e. The van der Waals surface area contributed by atoms with Gasteiger partial charge in [-0.15, -0.1) is 0 Å². The van der Waals surface area contributed by atoms with Crippen molar-refractivity contribution in [2.45, 2.75) is 144 Å². The lowest BCUT2D eigenvalue weighted by atomic mass is 10.0. The molecule has 16 rings (SSSR count). The van der Waals surface area contributed by atoms with Crippen LogP contribution in [0.3, 0.4) is 0 Å². The molecule has 0 radical (unpaired) electrons. The van der Waals surface area contributed by atoms with Crippen LogP contribution in [-0.2, 0) is 39.3 Å². The minimum atomic E-state index is 0.479. The highest BCUT2D eigenvalue weighted by atomic mass is 15.3. The van der Waals surface area contributed by atoms with Crippen molar-refractivity contribution in [3.8, 4) is 0 Å². The highest BCUT2D eigenvalue weighted by Crippen LogP contribution is 2.30. The molecule has 0 spiro atoms. The summed E-state index contributed by atoms with van der Waals surface area (Å²) in [5, 5.41) is 49.7. The number of nitrogens with one attached hydrogen (secondary N) is 12. The number of nitrogens with two attached hydrogens (primary N) is 2. The normalized spacial score (nSPS) is 11.0. The third-order valence-corrected chi connectivity index (χ3v) is 22.9. The van der Waals surface area contributed by atoms with E-state index < -0.39 is 0 Å². The van der Waals surface area contributed by atoms with Gasteiger partial charge >= 0.3 is 0 Å². The lowest BCUT2D eigenvalue weighted by Gasteiger charge is -2.22. The minimum Gasteiger partial charge on any atom is -0.354 e. The van der Waals surface area contributed by atoms with Crippen molar-refractivity contribution in [1.29, 1.82) is 0 Å². The van der Waals surface area contributed by atoms with Gasteiger partial charge in [-0.3, -0.25) is 0 Å². The molecule has 12 aromatic carbocycles. The first kappa shape index (κ1) is 101. The molecule has 0 saturated heterocycles. The molecule has 0 atom stereocenters. The lowest BCUT2D eigenvalue weighted by molar-refractivity contribution is 0.264. The number of anilines is 14. The molecule has 4 aromatic heterocycles. The molecule has 4 heterocycles. The number of nitrogens with zero attached hydrogens (tertiary/aromatic N) is 14. The summed E-state index contributed by atoms with van der Waals surface area (Å²) in [5.41, 5.74) is 20.2. The molecule has 0 aliphatic heterocycles. The van der Waals surface area contributed by atoms with Crippen LogP contribution in [0, 0.1) is 0 Å². The zero-order valence-corrected chi connectivity index (χ0v) is 80.3. The number of aromatic nitrogens is 12. The number of hydrogen-bond acceptors (Lipinski definition) is 28. The van der Waals surface area contributed by atoms with E-state index >= 15 is 0 Å². The second-order valence-corrected chi connectivity index (χ2v) is 33.7. The summed E-state index contributed by atoms with van der Waals surface area (Å²) in [6.45, 7) is 24.0. The Labute approximate surface area is 813 Å². The number of rotatable bonds is 52. The van der Waals surface area contributed by atoms with E-state index in [9.17, 15) is 0 Å². The van der Waals surface area contributed by atoms with Gasteiger partial charge in [-0.05, 0) is 182 Å². The minimum absolute atomic E-state index is 0.479. The van der Waals surface area contributed by atoms with Crippen molar-refractivity contribution in [3.05, 3.63) is 325 Å². The third kappa shape index (κ3) is 33.9. The Morgan fingerprint density at radius 3 is 0.703 bits per heavy atom. The number of hydrogen-bond donors (Lipinski definition) is 14. The van der Waals surface area contributed by atoms with Crippen LogP contribution in [0.25, 0.3) is 43.1 Å². The molecule has 16 aromatic rings. The van der Waals surface area contributed by atoms with Gasteiger partial charge in [0.1, 0.15) is 0 Å². The molecule has 0 unspecified atom stereocenters. The molecular weight excluding hydrogens is 1710 g/mol. The van der Waals surface area contributed by atoms with E-state index in [2.05, 4.69) is 327 Å². The Morgan fingerprint density at radius 1 is 0.203 bits per heavy atom. The van der Waals surface area contributed by atoms with Gasteiger partial charge in [0.2, 0.25) is 71.4 Å². The Kier molecular flexibility index (Phi) is 41.7. The second-order valence-electron chi connectivity index (χ2n) is 33.7. The first-order valence-electron chi connectivity index (χ1n) is 49.0. The molecule has 0 aliphatic rings. The molecule has 716 valence electrons. The van der Waals surface area contributed by atoms with E-state index in [1.807, 2.05) is 115 Å². The van der Waals surface area contributed by atoms with Gasteiger partial charge in [0, 0.05) is 87.6 Å². The number of unbranched alkanes of at least 4 members (excludes halogenated alkanes) is 4. The average molecular weight is 1850 g/mol. The molecule has 16 N–H and O–H groups in total. The van der Waals surface area contributed by atoms with Crippen molar-refractivity contribution in [3.63, 3.8) is 0 Å². The molecule has 0 bridgehead atoms. The molecule has 28 nitrogen and oxygen atoms in total. The van der Waals surface area contributed by atoms with Crippen molar-refractivity contribution >= 4 is 126 Å². The third-order valence-electron chi connectivity index (χ3n) is 22.9. The summed E-state index contributed by atoms with van der Waals surface area (Å²) in [4.78, 5) is 60.5. The topological polar surface area (TPSA) is 358 Å². The van der Waals surface area contributed by atoms with Gasteiger partial charge in [-0.2, -0.15) is 59.8 Å². The Bertz CT molecular complexity index is 6190. The molecule has 0 amide bonds. The maximum Gasteiger partial charge on any atom is 0.233 e. The van der Waals surface area contributed by atoms with Gasteiger partial charge in [-0.25, -0.2) is 0 Å². The fraction of sp³-hybridized carbons (Fsp3) is 0.309. The largest absolute Gasteiger partial charge is 0.354 e. The van der Waals surface area contributed by atoms with Gasteiger partial charge in [-0.1, -0.05) is 332 Å². The van der Waals surface area contributed by atoms with Crippen LogP contribution in [0.15, 0.2) is 291 Å².